The molecule has 246 valence electrons. The third-order valence-electron chi connectivity index (χ3n) is 11.1. The van der Waals surface area contributed by atoms with Gasteiger partial charge in [0, 0.05) is 30.1 Å². The van der Waals surface area contributed by atoms with Crippen LogP contribution in [0.3, 0.4) is 0 Å². The molecule has 8 nitrogen and oxygen atoms in total. The van der Waals surface area contributed by atoms with Gasteiger partial charge in [-0.15, -0.1) is 0 Å². The van der Waals surface area contributed by atoms with Crippen LogP contribution in [0.25, 0.3) is 11.1 Å². The smallest absolute Gasteiger partial charge is 0.251 e. The van der Waals surface area contributed by atoms with E-state index in [1.165, 1.54) is 6.42 Å². The SMILES string of the molecule is CC(C)C(CN(C)C)NC(=O)c1cccc(-c2cccc(CN3OC[C@@H]([C@H](C)O)[C@H]3C(=O)N[C@H]3C[C@H]4C[C@@H]([C@@H]3C)C4(C)C)c2)c1. The molecule has 2 bridgehead atoms. The summed E-state index contributed by atoms with van der Waals surface area (Å²) in [5.41, 5.74) is 3.90. The summed E-state index contributed by atoms with van der Waals surface area (Å²) in [5.74, 6) is 1.57. The number of aliphatic hydroxyl groups excluding tert-OH is 1. The van der Waals surface area contributed by atoms with Gasteiger partial charge in [-0.3, -0.25) is 14.4 Å². The van der Waals surface area contributed by atoms with Crippen LogP contribution in [0.2, 0.25) is 0 Å². The van der Waals surface area contributed by atoms with Crippen LogP contribution in [-0.4, -0.2) is 78.4 Å². The molecule has 1 heterocycles. The van der Waals surface area contributed by atoms with Gasteiger partial charge >= 0.3 is 0 Å². The van der Waals surface area contributed by atoms with Crippen molar-refractivity contribution in [2.24, 2.45) is 35.0 Å². The Labute approximate surface area is 269 Å². The number of hydrogen-bond acceptors (Lipinski definition) is 6. The van der Waals surface area contributed by atoms with Crippen LogP contribution in [-0.2, 0) is 16.2 Å². The minimum Gasteiger partial charge on any atom is -0.393 e. The molecule has 4 aliphatic rings. The summed E-state index contributed by atoms with van der Waals surface area (Å²) >= 11 is 0. The number of likely N-dealkylation sites (N-methyl/N-ethyl adjacent to an activating group) is 1. The number of amides is 2. The van der Waals surface area contributed by atoms with Crippen LogP contribution in [0.4, 0.5) is 0 Å². The summed E-state index contributed by atoms with van der Waals surface area (Å²) in [5, 5.41) is 18.9. The van der Waals surface area contributed by atoms with E-state index in [-0.39, 0.29) is 29.8 Å². The van der Waals surface area contributed by atoms with E-state index < -0.39 is 12.1 Å². The molecule has 3 N–H and O–H groups in total. The van der Waals surface area contributed by atoms with Crippen molar-refractivity contribution in [1.82, 2.24) is 20.6 Å². The molecular weight excluding hydrogens is 564 g/mol. The van der Waals surface area contributed by atoms with Crippen molar-refractivity contribution >= 4 is 11.8 Å². The molecule has 0 radical (unpaired) electrons. The molecule has 0 aromatic heterocycles. The lowest BCUT2D eigenvalue weighted by Crippen LogP contribution is -2.62. The molecule has 4 fully saturated rings. The summed E-state index contributed by atoms with van der Waals surface area (Å²) in [6.45, 7) is 14.5. The Morgan fingerprint density at radius 2 is 1.76 bits per heavy atom. The number of nitrogens with zero attached hydrogens (tertiary/aromatic N) is 2. The van der Waals surface area contributed by atoms with Gasteiger partial charge in [0.05, 0.1) is 19.3 Å². The second-order valence-corrected chi connectivity index (χ2v) is 15.2. The summed E-state index contributed by atoms with van der Waals surface area (Å²) in [6, 6.07) is 15.5. The molecule has 2 aromatic carbocycles. The predicted octanol–water partition coefficient (Wildman–Crippen LogP) is 4.97. The van der Waals surface area contributed by atoms with Crippen LogP contribution >= 0.6 is 0 Å². The lowest BCUT2D eigenvalue weighted by atomic mass is 9.45. The Morgan fingerprint density at radius 3 is 2.38 bits per heavy atom. The number of nitrogens with one attached hydrogen (secondary N) is 2. The summed E-state index contributed by atoms with van der Waals surface area (Å²) in [7, 11) is 4.03. The zero-order valence-electron chi connectivity index (χ0n) is 28.4. The first kappa shape index (κ1) is 33.6. The van der Waals surface area contributed by atoms with Crippen LogP contribution in [0.15, 0.2) is 48.5 Å². The number of benzene rings is 2. The zero-order valence-corrected chi connectivity index (χ0v) is 28.4. The molecule has 3 aliphatic carbocycles. The molecule has 1 aliphatic heterocycles. The second-order valence-electron chi connectivity index (χ2n) is 15.2. The monoisotopic (exact) mass is 618 g/mol. The van der Waals surface area contributed by atoms with Crippen molar-refractivity contribution in [1.29, 1.82) is 0 Å². The molecule has 8 atom stereocenters. The standard InChI is InChI=1S/C37H54N4O4/c1-22(2)33(20-40(7)8)39-35(43)28-14-10-13-27(16-28)26-12-9-11-25(15-26)19-41-34(30(21-45-41)24(4)42)36(44)38-32-18-29-17-31(23(32)3)37(29,5)6/h9-16,22-24,29-34,42H,17-21H2,1-8H3,(H,38,44)(H,39,43)/t23-,24-,29+,30-,31-,32-,33?,34-/m0/s1. The van der Waals surface area contributed by atoms with Gasteiger partial charge in [0.25, 0.3) is 5.91 Å². The highest BCUT2D eigenvalue weighted by molar-refractivity contribution is 5.95. The van der Waals surface area contributed by atoms with Gasteiger partial charge < -0.3 is 20.6 Å². The number of hydrogen-bond donors (Lipinski definition) is 3. The molecule has 3 saturated carbocycles. The van der Waals surface area contributed by atoms with Gasteiger partial charge in [-0.25, -0.2) is 0 Å². The molecule has 45 heavy (non-hydrogen) atoms. The van der Waals surface area contributed by atoms with Gasteiger partial charge in [0.15, 0.2) is 0 Å². The highest BCUT2D eigenvalue weighted by Crippen LogP contribution is 2.61. The number of hydroxylamine groups is 2. The fourth-order valence-corrected chi connectivity index (χ4v) is 7.99. The van der Waals surface area contributed by atoms with E-state index in [4.69, 9.17) is 4.84 Å². The molecule has 2 aromatic rings. The van der Waals surface area contributed by atoms with Crippen molar-refractivity contribution in [3.05, 3.63) is 59.7 Å². The number of carbonyl (C=O) groups is 2. The van der Waals surface area contributed by atoms with Crippen molar-refractivity contribution in [2.75, 3.05) is 27.2 Å². The Hall–Kier alpha value is -2.78. The highest BCUT2D eigenvalue weighted by atomic mass is 16.7. The van der Waals surface area contributed by atoms with Crippen molar-refractivity contribution in [3.63, 3.8) is 0 Å². The van der Waals surface area contributed by atoms with Crippen LogP contribution in [0.1, 0.15) is 70.3 Å². The number of rotatable bonds is 11. The summed E-state index contributed by atoms with van der Waals surface area (Å²) < 4.78 is 0. The van der Waals surface area contributed by atoms with Crippen LogP contribution in [0, 0.1) is 35.0 Å². The minimum atomic E-state index is -0.671. The highest BCUT2D eigenvalue weighted by Gasteiger charge is 2.57. The van der Waals surface area contributed by atoms with Gasteiger partial charge in [-0.1, -0.05) is 65.0 Å². The van der Waals surface area contributed by atoms with Gasteiger partial charge in [0.1, 0.15) is 6.04 Å². The van der Waals surface area contributed by atoms with Crippen molar-refractivity contribution in [2.45, 2.75) is 85.2 Å². The number of carbonyl (C=O) groups excluding carboxylic acids is 2. The quantitative estimate of drug-likeness (QED) is 0.329. The first-order valence-electron chi connectivity index (χ1n) is 16.8. The zero-order chi connectivity index (χ0) is 32.6. The van der Waals surface area contributed by atoms with Crippen LogP contribution < -0.4 is 10.6 Å². The molecule has 1 saturated heterocycles. The third kappa shape index (κ3) is 7.14. The van der Waals surface area contributed by atoms with Crippen molar-refractivity contribution < 1.29 is 19.5 Å². The summed E-state index contributed by atoms with van der Waals surface area (Å²) in [6.07, 6.45) is 1.60. The maximum Gasteiger partial charge on any atom is 0.251 e. The van der Waals surface area contributed by atoms with E-state index >= 15 is 0 Å². The molecule has 8 heteroatoms. The largest absolute Gasteiger partial charge is 0.393 e. The Morgan fingerprint density at radius 1 is 1.07 bits per heavy atom. The van der Waals surface area contributed by atoms with E-state index in [0.717, 1.165) is 29.7 Å². The Balaban J connectivity index is 1.29. The van der Waals surface area contributed by atoms with Gasteiger partial charge in [-0.05, 0) is 97.8 Å². The fraction of sp³-hybridized carbons (Fsp3) is 0.622. The molecule has 0 spiro atoms. The van der Waals surface area contributed by atoms with E-state index in [1.54, 1.807) is 12.0 Å². The van der Waals surface area contributed by atoms with Gasteiger partial charge in [0.2, 0.25) is 5.91 Å². The van der Waals surface area contributed by atoms with E-state index in [0.29, 0.717) is 47.8 Å². The molecule has 1 unspecified atom stereocenters. The molecule has 2 amide bonds. The number of fused-ring (bicyclic) bond motifs is 2. The molecule has 6 rings (SSSR count). The minimum absolute atomic E-state index is 0.0504. The first-order chi connectivity index (χ1) is 21.3. The van der Waals surface area contributed by atoms with Gasteiger partial charge in [-0.2, -0.15) is 5.06 Å². The third-order valence-corrected chi connectivity index (χ3v) is 11.1. The lowest BCUT2D eigenvalue weighted by molar-refractivity contribution is -0.161. The first-order valence-corrected chi connectivity index (χ1v) is 16.8. The topological polar surface area (TPSA) is 94.1 Å². The predicted molar refractivity (Wildman–Crippen MR) is 178 cm³/mol. The van der Waals surface area contributed by atoms with E-state index in [9.17, 15) is 14.7 Å². The fourth-order valence-electron chi connectivity index (χ4n) is 7.99. The normalized spacial score (nSPS) is 28.9. The Kier molecular flexibility index (Phi) is 10.1. The lowest BCUT2D eigenvalue weighted by Gasteiger charge is -2.62. The maximum absolute atomic E-state index is 13.8. The number of aliphatic hydroxyl groups is 1. The second kappa shape index (κ2) is 13.5. The average Bonchev–Trinajstić information content (AvgIpc) is 3.41. The van der Waals surface area contributed by atoms with Crippen LogP contribution in [0.5, 0.6) is 0 Å². The summed E-state index contributed by atoms with van der Waals surface area (Å²) in [4.78, 5) is 35.2. The maximum atomic E-state index is 13.8. The average molecular weight is 619 g/mol. The van der Waals surface area contributed by atoms with E-state index in [2.05, 4.69) is 56.2 Å². The van der Waals surface area contributed by atoms with E-state index in [1.807, 2.05) is 56.6 Å². The van der Waals surface area contributed by atoms with Crippen molar-refractivity contribution in [3.8, 4) is 11.1 Å². The Bertz CT molecular complexity index is 1360. The molecular formula is C37H54N4O4.